The Bertz CT molecular complexity index is 386. The van der Waals surface area contributed by atoms with Crippen molar-refractivity contribution in [1.29, 1.82) is 0 Å². The molecular weight excluding hydrogens is 248 g/mol. The average molecular weight is 257 g/mol. The highest BCUT2D eigenvalue weighted by molar-refractivity contribution is 9.08. The van der Waals surface area contributed by atoms with Crippen LogP contribution in [-0.2, 0) is 5.33 Å². The Morgan fingerprint density at radius 3 is 3.08 bits per heavy atom. The fraction of sp³-hybridized carbons (Fsp3) is 0.222. The number of hydrogen-bond acceptors (Lipinski definition) is 2. The fourth-order valence-corrected chi connectivity index (χ4v) is 2.57. The summed E-state index contributed by atoms with van der Waals surface area (Å²) in [6.07, 6.45) is 3.81. The molecule has 2 nitrogen and oxygen atoms in total. The lowest BCUT2D eigenvalue weighted by Crippen LogP contribution is -1.83. The van der Waals surface area contributed by atoms with Crippen LogP contribution in [0.15, 0.2) is 23.4 Å². The van der Waals surface area contributed by atoms with Crippen molar-refractivity contribution in [3.63, 3.8) is 0 Å². The number of thioether (sulfide) groups is 1. The molecule has 1 N–H and O–H groups in total. The molecule has 0 unspecified atom stereocenters. The van der Waals surface area contributed by atoms with Gasteiger partial charge in [0.25, 0.3) is 0 Å². The minimum atomic E-state index is 0.887. The SMILES string of the molecule is CSc1cc2nc[nH]c2cc1CBr. The van der Waals surface area contributed by atoms with E-state index in [9.17, 15) is 0 Å². The molecule has 1 aromatic heterocycles. The summed E-state index contributed by atoms with van der Waals surface area (Å²) in [4.78, 5) is 8.61. The summed E-state index contributed by atoms with van der Waals surface area (Å²) >= 11 is 5.23. The molecule has 0 aliphatic rings. The van der Waals surface area contributed by atoms with Crippen LogP contribution in [0.2, 0.25) is 0 Å². The highest BCUT2D eigenvalue weighted by Crippen LogP contribution is 2.26. The average Bonchev–Trinajstić information content (AvgIpc) is 2.62. The molecule has 0 spiro atoms. The van der Waals surface area contributed by atoms with E-state index in [-0.39, 0.29) is 0 Å². The van der Waals surface area contributed by atoms with Gasteiger partial charge in [-0.3, -0.25) is 0 Å². The van der Waals surface area contributed by atoms with E-state index in [0.29, 0.717) is 0 Å². The van der Waals surface area contributed by atoms with Gasteiger partial charge in [0.1, 0.15) is 0 Å². The maximum absolute atomic E-state index is 4.22. The van der Waals surface area contributed by atoms with Gasteiger partial charge in [-0.25, -0.2) is 4.98 Å². The number of nitrogens with zero attached hydrogens (tertiary/aromatic N) is 1. The number of halogens is 1. The number of aromatic amines is 1. The first kappa shape index (κ1) is 9.09. The molecule has 0 aliphatic carbocycles. The highest BCUT2D eigenvalue weighted by Gasteiger charge is 2.04. The van der Waals surface area contributed by atoms with Gasteiger partial charge >= 0.3 is 0 Å². The molecule has 13 heavy (non-hydrogen) atoms. The molecule has 0 saturated heterocycles. The lowest BCUT2D eigenvalue weighted by atomic mass is 10.2. The number of aromatic nitrogens is 2. The van der Waals surface area contributed by atoms with Crippen LogP contribution >= 0.6 is 27.7 Å². The molecule has 1 aromatic carbocycles. The van der Waals surface area contributed by atoms with Gasteiger partial charge in [-0.05, 0) is 24.0 Å². The second kappa shape index (κ2) is 3.72. The largest absolute Gasteiger partial charge is 0.345 e. The predicted molar refractivity (Wildman–Crippen MR) is 60.5 cm³/mol. The fourth-order valence-electron chi connectivity index (χ4n) is 1.30. The predicted octanol–water partition coefficient (Wildman–Crippen LogP) is 3.18. The Hall–Kier alpha value is -0.480. The van der Waals surface area contributed by atoms with Crippen molar-refractivity contribution in [2.45, 2.75) is 10.2 Å². The number of fused-ring (bicyclic) bond motifs is 1. The third kappa shape index (κ3) is 1.60. The summed E-state index contributed by atoms with van der Waals surface area (Å²) in [6.45, 7) is 0. The molecule has 0 aliphatic heterocycles. The first-order valence-electron chi connectivity index (χ1n) is 3.91. The van der Waals surface area contributed by atoms with Crippen molar-refractivity contribution in [3.05, 3.63) is 24.0 Å². The van der Waals surface area contributed by atoms with Crippen LogP contribution in [-0.4, -0.2) is 16.2 Å². The Morgan fingerprint density at radius 2 is 2.38 bits per heavy atom. The molecule has 2 rings (SSSR count). The summed E-state index contributed by atoms with van der Waals surface area (Å²) in [5.41, 5.74) is 3.45. The van der Waals surface area contributed by atoms with Crippen molar-refractivity contribution in [2.75, 3.05) is 6.26 Å². The van der Waals surface area contributed by atoms with Crippen molar-refractivity contribution >= 4 is 38.7 Å². The molecule has 0 amide bonds. The van der Waals surface area contributed by atoms with E-state index in [4.69, 9.17) is 0 Å². The summed E-state index contributed by atoms with van der Waals surface area (Å²) in [5.74, 6) is 0. The molecule has 4 heteroatoms. The zero-order valence-electron chi connectivity index (χ0n) is 7.17. The zero-order chi connectivity index (χ0) is 9.26. The van der Waals surface area contributed by atoms with Crippen LogP contribution in [0.1, 0.15) is 5.56 Å². The van der Waals surface area contributed by atoms with Crippen LogP contribution in [0.25, 0.3) is 11.0 Å². The number of H-pyrrole nitrogens is 1. The van der Waals surface area contributed by atoms with E-state index in [1.807, 2.05) is 0 Å². The number of benzene rings is 1. The van der Waals surface area contributed by atoms with Gasteiger partial charge in [0, 0.05) is 10.2 Å². The lowest BCUT2D eigenvalue weighted by Gasteiger charge is -2.03. The van der Waals surface area contributed by atoms with Crippen LogP contribution in [0, 0.1) is 0 Å². The molecule has 0 saturated carbocycles. The smallest absolute Gasteiger partial charge is 0.0931 e. The summed E-state index contributed by atoms with van der Waals surface area (Å²) in [5, 5.41) is 0.887. The zero-order valence-corrected chi connectivity index (χ0v) is 9.58. The van der Waals surface area contributed by atoms with E-state index >= 15 is 0 Å². The van der Waals surface area contributed by atoms with Gasteiger partial charge in [-0.1, -0.05) is 15.9 Å². The normalized spacial score (nSPS) is 10.9. The highest BCUT2D eigenvalue weighted by atomic mass is 79.9. The third-order valence-electron chi connectivity index (χ3n) is 1.97. The van der Waals surface area contributed by atoms with Crippen LogP contribution < -0.4 is 0 Å². The number of imidazole rings is 1. The van der Waals surface area contributed by atoms with Crippen molar-refractivity contribution < 1.29 is 0 Å². The monoisotopic (exact) mass is 256 g/mol. The molecule has 0 atom stereocenters. The maximum Gasteiger partial charge on any atom is 0.0931 e. The van der Waals surface area contributed by atoms with Crippen LogP contribution in [0.3, 0.4) is 0 Å². The maximum atomic E-state index is 4.22. The summed E-state index contributed by atoms with van der Waals surface area (Å²) < 4.78 is 0. The quantitative estimate of drug-likeness (QED) is 0.661. The topological polar surface area (TPSA) is 28.7 Å². The van der Waals surface area contributed by atoms with Crippen LogP contribution in [0.4, 0.5) is 0 Å². The minimum Gasteiger partial charge on any atom is -0.345 e. The van der Waals surface area contributed by atoms with Gasteiger partial charge in [-0.2, -0.15) is 0 Å². The number of alkyl halides is 1. The number of hydrogen-bond donors (Lipinski definition) is 1. The Labute approximate surface area is 89.3 Å². The van der Waals surface area contributed by atoms with Gasteiger partial charge in [0.05, 0.1) is 17.4 Å². The number of nitrogens with one attached hydrogen (secondary N) is 1. The van der Waals surface area contributed by atoms with E-state index in [1.165, 1.54) is 10.5 Å². The van der Waals surface area contributed by atoms with E-state index in [2.05, 4.69) is 44.3 Å². The standard InChI is InChI=1S/C9H9BrN2S/c1-13-9-3-8-7(11-5-12-8)2-6(9)4-10/h2-3,5H,4H2,1H3,(H,11,12). The third-order valence-corrected chi connectivity index (χ3v) is 3.39. The second-order valence-corrected chi connectivity index (χ2v) is 4.13. The first-order valence-corrected chi connectivity index (χ1v) is 6.25. The Morgan fingerprint density at radius 1 is 1.54 bits per heavy atom. The molecule has 0 bridgehead atoms. The first-order chi connectivity index (χ1) is 6.35. The molecule has 0 fully saturated rings. The molecular formula is C9H9BrN2S. The van der Waals surface area contributed by atoms with E-state index in [0.717, 1.165) is 16.4 Å². The minimum absolute atomic E-state index is 0.887. The molecule has 1 heterocycles. The summed E-state index contributed by atoms with van der Waals surface area (Å²) in [6, 6.07) is 4.26. The molecule has 0 radical (unpaired) electrons. The van der Waals surface area contributed by atoms with Gasteiger partial charge in [0.2, 0.25) is 0 Å². The summed E-state index contributed by atoms with van der Waals surface area (Å²) in [7, 11) is 0. The Balaban J connectivity index is 2.67. The second-order valence-electron chi connectivity index (χ2n) is 2.72. The van der Waals surface area contributed by atoms with Gasteiger partial charge in [-0.15, -0.1) is 11.8 Å². The van der Waals surface area contributed by atoms with E-state index in [1.54, 1.807) is 18.1 Å². The molecule has 2 aromatic rings. The van der Waals surface area contributed by atoms with Crippen molar-refractivity contribution in [1.82, 2.24) is 9.97 Å². The van der Waals surface area contributed by atoms with Crippen molar-refractivity contribution in [2.24, 2.45) is 0 Å². The van der Waals surface area contributed by atoms with Crippen LogP contribution in [0.5, 0.6) is 0 Å². The molecule has 68 valence electrons. The van der Waals surface area contributed by atoms with Gasteiger partial charge in [0.15, 0.2) is 0 Å². The van der Waals surface area contributed by atoms with Gasteiger partial charge < -0.3 is 4.98 Å². The van der Waals surface area contributed by atoms with Crippen molar-refractivity contribution in [3.8, 4) is 0 Å². The van der Waals surface area contributed by atoms with E-state index < -0.39 is 0 Å². The number of rotatable bonds is 2. The lowest BCUT2D eigenvalue weighted by molar-refractivity contribution is 1.30. The Kier molecular flexibility index (Phi) is 2.60.